The van der Waals surface area contributed by atoms with Crippen molar-refractivity contribution < 1.29 is 0 Å². The molecule has 0 fully saturated rings. The highest BCUT2D eigenvalue weighted by Crippen LogP contribution is 2.24. The Balaban J connectivity index is 2.12. The minimum atomic E-state index is 0.110. The molecule has 3 aromatic heterocycles. The van der Waals surface area contributed by atoms with E-state index < -0.39 is 0 Å². The zero-order valence-corrected chi connectivity index (χ0v) is 10.1. The van der Waals surface area contributed by atoms with Gasteiger partial charge in [0, 0.05) is 24.2 Å². The van der Waals surface area contributed by atoms with Crippen LogP contribution in [0.2, 0.25) is 0 Å². The fourth-order valence-corrected chi connectivity index (χ4v) is 2.23. The van der Waals surface area contributed by atoms with Gasteiger partial charge in [-0.15, -0.1) is 0 Å². The van der Waals surface area contributed by atoms with Crippen molar-refractivity contribution in [3.63, 3.8) is 0 Å². The van der Waals surface area contributed by atoms with Gasteiger partial charge in [-0.05, 0) is 30.8 Å². The van der Waals surface area contributed by atoms with Gasteiger partial charge in [-0.3, -0.25) is 4.98 Å². The quantitative estimate of drug-likeness (QED) is 0.759. The molecular formula is C14H14N4. The predicted octanol–water partition coefficient (Wildman–Crippen LogP) is 2.04. The second-order valence-electron chi connectivity index (χ2n) is 4.14. The van der Waals surface area contributed by atoms with Crippen molar-refractivity contribution in [1.29, 1.82) is 0 Å². The number of hydrogen-bond acceptors (Lipinski definition) is 3. The fourth-order valence-electron chi connectivity index (χ4n) is 2.23. The summed E-state index contributed by atoms with van der Waals surface area (Å²) in [7, 11) is 1.95. The summed E-state index contributed by atoms with van der Waals surface area (Å²) in [5.41, 5.74) is 3.41. The van der Waals surface area contributed by atoms with E-state index in [1.165, 1.54) is 0 Å². The highest BCUT2D eigenvalue weighted by atomic mass is 15.2. The average molecular weight is 238 g/mol. The summed E-state index contributed by atoms with van der Waals surface area (Å²) in [5, 5.41) is 7.69. The Bertz CT molecular complexity index is 645. The molecule has 0 aliphatic heterocycles. The van der Waals surface area contributed by atoms with E-state index in [1.807, 2.05) is 48.4 Å². The lowest BCUT2D eigenvalue weighted by Gasteiger charge is -2.15. The van der Waals surface area contributed by atoms with Gasteiger partial charge in [-0.2, -0.15) is 5.10 Å². The van der Waals surface area contributed by atoms with Crippen LogP contribution < -0.4 is 5.32 Å². The van der Waals surface area contributed by atoms with Crippen molar-refractivity contribution in [2.45, 2.75) is 6.04 Å². The zero-order valence-electron chi connectivity index (χ0n) is 10.1. The van der Waals surface area contributed by atoms with Crippen molar-refractivity contribution in [2.24, 2.45) is 0 Å². The van der Waals surface area contributed by atoms with Crippen molar-refractivity contribution in [3.05, 3.63) is 66.2 Å². The fraction of sp³-hybridized carbons (Fsp3) is 0.143. The van der Waals surface area contributed by atoms with Crippen LogP contribution in [-0.4, -0.2) is 21.6 Å². The van der Waals surface area contributed by atoms with Gasteiger partial charge in [0.05, 0.1) is 17.8 Å². The minimum Gasteiger partial charge on any atom is -0.309 e. The van der Waals surface area contributed by atoms with Crippen molar-refractivity contribution in [2.75, 3.05) is 7.05 Å². The second-order valence-corrected chi connectivity index (χ2v) is 4.14. The topological polar surface area (TPSA) is 42.2 Å². The molecule has 3 rings (SSSR count). The van der Waals surface area contributed by atoms with E-state index in [1.54, 1.807) is 6.20 Å². The van der Waals surface area contributed by atoms with Crippen LogP contribution in [-0.2, 0) is 0 Å². The molecule has 3 aromatic rings. The van der Waals surface area contributed by atoms with Gasteiger partial charge in [0.2, 0.25) is 0 Å². The van der Waals surface area contributed by atoms with Gasteiger partial charge >= 0.3 is 0 Å². The number of nitrogens with zero attached hydrogens (tertiary/aromatic N) is 3. The number of fused-ring (bicyclic) bond motifs is 1. The number of aromatic nitrogens is 3. The molecule has 0 bridgehead atoms. The van der Waals surface area contributed by atoms with Crippen LogP contribution in [0.3, 0.4) is 0 Å². The summed E-state index contributed by atoms with van der Waals surface area (Å²) in [6.45, 7) is 0. The molecule has 1 N–H and O–H groups in total. The van der Waals surface area contributed by atoms with Crippen molar-refractivity contribution >= 4 is 5.52 Å². The number of pyridine rings is 2. The normalized spacial score (nSPS) is 12.7. The van der Waals surface area contributed by atoms with Gasteiger partial charge < -0.3 is 5.32 Å². The van der Waals surface area contributed by atoms with E-state index in [0.29, 0.717) is 0 Å². The Kier molecular flexibility index (Phi) is 2.78. The number of hydrogen-bond donors (Lipinski definition) is 1. The monoisotopic (exact) mass is 238 g/mol. The molecule has 18 heavy (non-hydrogen) atoms. The summed E-state index contributed by atoms with van der Waals surface area (Å²) < 4.78 is 1.88. The lowest BCUT2D eigenvalue weighted by molar-refractivity contribution is 0.693. The molecule has 0 aliphatic rings. The molecule has 0 saturated heterocycles. The average Bonchev–Trinajstić information content (AvgIpc) is 2.85. The molecule has 4 nitrogen and oxygen atoms in total. The highest BCUT2D eigenvalue weighted by Gasteiger charge is 2.16. The van der Waals surface area contributed by atoms with Gasteiger partial charge in [-0.1, -0.05) is 12.1 Å². The predicted molar refractivity (Wildman–Crippen MR) is 70.3 cm³/mol. The first kappa shape index (κ1) is 10.9. The smallest absolute Gasteiger partial charge is 0.0712 e. The minimum absolute atomic E-state index is 0.110. The summed E-state index contributed by atoms with van der Waals surface area (Å²) in [5.74, 6) is 0. The van der Waals surface area contributed by atoms with Gasteiger partial charge in [-0.25, -0.2) is 4.52 Å². The molecule has 1 atom stereocenters. The van der Waals surface area contributed by atoms with Crippen LogP contribution in [0.25, 0.3) is 5.52 Å². The molecule has 0 amide bonds. The van der Waals surface area contributed by atoms with Crippen LogP contribution >= 0.6 is 0 Å². The molecule has 0 radical (unpaired) electrons. The Morgan fingerprint density at radius 3 is 2.89 bits per heavy atom. The van der Waals surface area contributed by atoms with Crippen molar-refractivity contribution in [1.82, 2.24) is 19.9 Å². The van der Waals surface area contributed by atoms with E-state index in [4.69, 9.17) is 0 Å². The molecule has 1 unspecified atom stereocenters. The Labute approximate surface area is 105 Å². The first-order valence-electron chi connectivity index (χ1n) is 5.89. The van der Waals surface area contributed by atoms with Gasteiger partial charge in [0.25, 0.3) is 0 Å². The van der Waals surface area contributed by atoms with Crippen LogP contribution in [0.5, 0.6) is 0 Å². The Hall–Kier alpha value is -2.20. The number of rotatable bonds is 3. The first-order chi connectivity index (χ1) is 8.90. The molecule has 0 aliphatic carbocycles. The summed E-state index contributed by atoms with van der Waals surface area (Å²) >= 11 is 0. The van der Waals surface area contributed by atoms with E-state index in [9.17, 15) is 0 Å². The summed E-state index contributed by atoms with van der Waals surface area (Å²) in [6.07, 6.45) is 7.53. The van der Waals surface area contributed by atoms with E-state index in [0.717, 1.165) is 16.6 Å². The largest absolute Gasteiger partial charge is 0.309 e. The zero-order chi connectivity index (χ0) is 12.4. The third-order valence-corrected chi connectivity index (χ3v) is 3.07. The maximum Gasteiger partial charge on any atom is 0.0712 e. The van der Waals surface area contributed by atoms with Crippen LogP contribution in [0, 0.1) is 0 Å². The molecule has 90 valence electrons. The summed E-state index contributed by atoms with van der Waals surface area (Å²) in [4.78, 5) is 4.18. The molecule has 4 heteroatoms. The van der Waals surface area contributed by atoms with E-state index in [2.05, 4.69) is 27.5 Å². The maximum absolute atomic E-state index is 4.37. The van der Waals surface area contributed by atoms with Gasteiger partial charge in [0.15, 0.2) is 0 Å². The Morgan fingerprint density at radius 1 is 1.17 bits per heavy atom. The van der Waals surface area contributed by atoms with Crippen LogP contribution in [0.15, 0.2) is 55.1 Å². The van der Waals surface area contributed by atoms with Crippen molar-refractivity contribution in [3.8, 4) is 0 Å². The van der Waals surface area contributed by atoms with Gasteiger partial charge in [0.1, 0.15) is 0 Å². The first-order valence-corrected chi connectivity index (χ1v) is 5.89. The number of nitrogens with one attached hydrogen (secondary N) is 1. The lowest BCUT2D eigenvalue weighted by Crippen LogP contribution is -2.17. The third-order valence-electron chi connectivity index (χ3n) is 3.07. The van der Waals surface area contributed by atoms with Crippen LogP contribution in [0.1, 0.15) is 17.2 Å². The lowest BCUT2D eigenvalue weighted by atomic mass is 10.0. The summed E-state index contributed by atoms with van der Waals surface area (Å²) in [6, 6.07) is 10.2. The molecule has 0 aromatic carbocycles. The SMILES string of the molecule is CNC(c1cccnc1)c1cnn2ccccc12. The van der Waals surface area contributed by atoms with Crippen LogP contribution in [0.4, 0.5) is 0 Å². The third kappa shape index (κ3) is 1.76. The Morgan fingerprint density at radius 2 is 2.11 bits per heavy atom. The molecule has 3 heterocycles. The molecule has 0 saturated carbocycles. The highest BCUT2D eigenvalue weighted by molar-refractivity contribution is 5.56. The van der Waals surface area contributed by atoms with E-state index in [-0.39, 0.29) is 6.04 Å². The second kappa shape index (κ2) is 4.58. The molecule has 0 spiro atoms. The molecular weight excluding hydrogens is 224 g/mol. The van der Waals surface area contributed by atoms with E-state index >= 15 is 0 Å². The maximum atomic E-state index is 4.37. The standard InChI is InChI=1S/C14H14N4/c1-15-14(11-5-4-7-16-9-11)12-10-17-18-8-3-2-6-13(12)18/h2-10,14-15H,1H3.